The Labute approximate surface area is 93.2 Å². The van der Waals surface area contributed by atoms with Gasteiger partial charge in [-0.25, -0.2) is 0 Å². The van der Waals surface area contributed by atoms with Crippen molar-refractivity contribution in [2.75, 3.05) is 5.32 Å². The number of nitrogens with one attached hydrogen (secondary N) is 1. The third-order valence-corrected chi connectivity index (χ3v) is 3.03. The zero-order valence-electron chi connectivity index (χ0n) is 8.82. The van der Waals surface area contributed by atoms with Crippen molar-refractivity contribution < 1.29 is 0 Å². The molecule has 0 amide bonds. The lowest BCUT2D eigenvalue weighted by Crippen LogP contribution is -2.00. The van der Waals surface area contributed by atoms with E-state index in [1.807, 2.05) is 13.0 Å². The van der Waals surface area contributed by atoms with E-state index < -0.39 is 0 Å². The molecule has 0 unspecified atom stereocenters. The minimum Gasteiger partial charge on any atom is -0.364 e. The van der Waals surface area contributed by atoms with E-state index in [2.05, 4.69) is 34.6 Å². The Kier molecular flexibility index (Phi) is 2.97. The standard InChI is InChI=1S/C11H13N3S/c1-8-5-11(14-13-6-8)12-7-10-4-3-9(2)15-10/h3-6H,7H2,1-2H3,(H,12,14). The first-order chi connectivity index (χ1) is 7.24. The highest BCUT2D eigenvalue weighted by molar-refractivity contribution is 7.11. The van der Waals surface area contributed by atoms with Gasteiger partial charge in [0.25, 0.3) is 0 Å². The molecule has 0 saturated carbocycles. The third kappa shape index (κ3) is 2.76. The van der Waals surface area contributed by atoms with Crippen molar-refractivity contribution in [3.05, 3.63) is 39.7 Å². The van der Waals surface area contributed by atoms with E-state index in [1.54, 1.807) is 17.5 Å². The van der Waals surface area contributed by atoms with Crippen molar-refractivity contribution in [3.8, 4) is 0 Å². The number of aryl methyl sites for hydroxylation is 2. The molecule has 1 N–H and O–H groups in total. The van der Waals surface area contributed by atoms with Crippen LogP contribution >= 0.6 is 11.3 Å². The first kappa shape index (κ1) is 10.1. The second-order valence-corrected chi connectivity index (χ2v) is 4.86. The molecule has 0 spiro atoms. The number of anilines is 1. The molecular weight excluding hydrogens is 206 g/mol. The van der Waals surface area contributed by atoms with Crippen LogP contribution in [0.3, 0.4) is 0 Å². The Morgan fingerprint density at radius 3 is 2.87 bits per heavy atom. The van der Waals surface area contributed by atoms with Gasteiger partial charge in [-0.1, -0.05) is 0 Å². The molecule has 2 aromatic heterocycles. The Hall–Kier alpha value is -1.42. The van der Waals surface area contributed by atoms with Crippen LogP contribution in [0.4, 0.5) is 5.82 Å². The maximum Gasteiger partial charge on any atom is 0.149 e. The molecule has 0 aliphatic carbocycles. The number of hydrogen-bond acceptors (Lipinski definition) is 4. The lowest BCUT2D eigenvalue weighted by molar-refractivity contribution is 0.993. The molecule has 3 nitrogen and oxygen atoms in total. The van der Waals surface area contributed by atoms with E-state index in [0.29, 0.717) is 0 Å². The predicted molar refractivity (Wildman–Crippen MR) is 63.2 cm³/mol. The van der Waals surface area contributed by atoms with Crippen LogP contribution in [0.1, 0.15) is 15.3 Å². The summed E-state index contributed by atoms with van der Waals surface area (Å²) < 4.78 is 0. The minimum atomic E-state index is 0.816. The van der Waals surface area contributed by atoms with Gasteiger partial charge in [-0.15, -0.1) is 16.4 Å². The Morgan fingerprint density at radius 1 is 1.33 bits per heavy atom. The molecule has 0 aliphatic rings. The Balaban J connectivity index is 1.99. The molecule has 0 atom stereocenters. The summed E-state index contributed by atoms with van der Waals surface area (Å²) in [5.41, 5.74) is 1.12. The van der Waals surface area contributed by atoms with Crippen molar-refractivity contribution in [1.82, 2.24) is 10.2 Å². The number of nitrogens with zero attached hydrogens (tertiary/aromatic N) is 2. The molecular formula is C11H13N3S. The average molecular weight is 219 g/mol. The highest BCUT2D eigenvalue weighted by atomic mass is 32.1. The fraction of sp³-hybridized carbons (Fsp3) is 0.273. The summed E-state index contributed by atoms with van der Waals surface area (Å²) in [6, 6.07) is 6.26. The van der Waals surface area contributed by atoms with Gasteiger partial charge in [0.05, 0.1) is 12.7 Å². The predicted octanol–water partition coefficient (Wildman–Crippen LogP) is 2.77. The van der Waals surface area contributed by atoms with Crippen LogP contribution in [0.5, 0.6) is 0 Å². The number of rotatable bonds is 3. The third-order valence-electron chi connectivity index (χ3n) is 2.03. The topological polar surface area (TPSA) is 37.8 Å². The molecule has 0 fully saturated rings. The van der Waals surface area contributed by atoms with E-state index in [-0.39, 0.29) is 0 Å². The van der Waals surface area contributed by atoms with Crippen molar-refractivity contribution in [3.63, 3.8) is 0 Å². The van der Waals surface area contributed by atoms with Crippen molar-refractivity contribution in [2.24, 2.45) is 0 Å². The van der Waals surface area contributed by atoms with Gasteiger partial charge >= 0.3 is 0 Å². The number of thiophene rings is 1. The van der Waals surface area contributed by atoms with E-state index in [4.69, 9.17) is 0 Å². The van der Waals surface area contributed by atoms with Gasteiger partial charge in [0, 0.05) is 9.75 Å². The first-order valence-corrected chi connectivity index (χ1v) is 5.64. The lowest BCUT2D eigenvalue weighted by Gasteiger charge is -2.02. The molecule has 0 bridgehead atoms. The average Bonchev–Trinajstić information content (AvgIpc) is 2.62. The van der Waals surface area contributed by atoms with E-state index in [1.165, 1.54) is 9.75 Å². The van der Waals surface area contributed by atoms with E-state index >= 15 is 0 Å². The second kappa shape index (κ2) is 4.40. The SMILES string of the molecule is Cc1cnnc(NCc2ccc(C)s2)c1. The summed E-state index contributed by atoms with van der Waals surface area (Å²) in [7, 11) is 0. The summed E-state index contributed by atoms with van der Waals surface area (Å²) in [6.45, 7) is 4.94. The van der Waals surface area contributed by atoms with Crippen LogP contribution in [0, 0.1) is 13.8 Å². The molecule has 0 aliphatic heterocycles. The molecule has 2 aromatic rings. The minimum absolute atomic E-state index is 0.816. The maximum absolute atomic E-state index is 4.00. The molecule has 78 valence electrons. The molecule has 4 heteroatoms. The summed E-state index contributed by atoms with van der Waals surface area (Å²) in [4.78, 5) is 2.65. The molecule has 0 aromatic carbocycles. The van der Waals surface area contributed by atoms with Crippen molar-refractivity contribution in [1.29, 1.82) is 0 Å². The van der Waals surface area contributed by atoms with E-state index in [9.17, 15) is 0 Å². The summed E-state index contributed by atoms with van der Waals surface area (Å²) >= 11 is 1.80. The second-order valence-electron chi connectivity index (χ2n) is 3.48. The fourth-order valence-electron chi connectivity index (χ4n) is 1.31. The number of aromatic nitrogens is 2. The zero-order chi connectivity index (χ0) is 10.7. The van der Waals surface area contributed by atoms with E-state index in [0.717, 1.165) is 17.9 Å². The summed E-state index contributed by atoms with van der Waals surface area (Å²) in [5, 5.41) is 11.1. The van der Waals surface area contributed by atoms with Crippen LogP contribution in [0.2, 0.25) is 0 Å². The van der Waals surface area contributed by atoms with Crippen LogP contribution in [0.15, 0.2) is 24.4 Å². The number of hydrogen-bond donors (Lipinski definition) is 1. The van der Waals surface area contributed by atoms with Gasteiger partial charge in [0.2, 0.25) is 0 Å². The quantitative estimate of drug-likeness (QED) is 0.862. The van der Waals surface area contributed by atoms with Gasteiger partial charge in [-0.3, -0.25) is 0 Å². The van der Waals surface area contributed by atoms with Gasteiger partial charge in [0.1, 0.15) is 5.82 Å². The highest BCUT2D eigenvalue weighted by Gasteiger charge is 1.98. The molecule has 0 saturated heterocycles. The monoisotopic (exact) mass is 219 g/mol. The molecule has 2 heterocycles. The normalized spacial score (nSPS) is 10.3. The Morgan fingerprint density at radius 2 is 2.20 bits per heavy atom. The maximum atomic E-state index is 4.00. The van der Waals surface area contributed by atoms with Crippen molar-refractivity contribution in [2.45, 2.75) is 20.4 Å². The summed E-state index contributed by atoms with van der Waals surface area (Å²) in [5.74, 6) is 0.834. The highest BCUT2D eigenvalue weighted by Crippen LogP contribution is 2.16. The van der Waals surface area contributed by atoms with Gasteiger partial charge < -0.3 is 5.32 Å². The smallest absolute Gasteiger partial charge is 0.149 e. The van der Waals surface area contributed by atoms with Gasteiger partial charge in [-0.2, -0.15) is 5.10 Å². The van der Waals surface area contributed by atoms with Crippen LogP contribution < -0.4 is 5.32 Å². The van der Waals surface area contributed by atoms with Crippen LogP contribution in [-0.2, 0) is 6.54 Å². The summed E-state index contributed by atoms with van der Waals surface area (Å²) in [6.07, 6.45) is 1.75. The molecule has 0 radical (unpaired) electrons. The van der Waals surface area contributed by atoms with Gasteiger partial charge in [-0.05, 0) is 37.6 Å². The Bertz CT molecular complexity index is 451. The molecule has 2 rings (SSSR count). The van der Waals surface area contributed by atoms with Crippen LogP contribution in [-0.4, -0.2) is 10.2 Å². The molecule has 15 heavy (non-hydrogen) atoms. The lowest BCUT2D eigenvalue weighted by atomic mass is 10.3. The van der Waals surface area contributed by atoms with Crippen LogP contribution in [0.25, 0.3) is 0 Å². The fourth-order valence-corrected chi connectivity index (χ4v) is 2.14. The zero-order valence-corrected chi connectivity index (χ0v) is 9.64. The first-order valence-electron chi connectivity index (χ1n) is 4.82. The van der Waals surface area contributed by atoms with Crippen molar-refractivity contribution >= 4 is 17.2 Å². The van der Waals surface area contributed by atoms with Gasteiger partial charge in [0.15, 0.2) is 0 Å². The largest absolute Gasteiger partial charge is 0.364 e.